The maximum atomic E-state index is 12.8. The van der Waals surface area contributed by atoms with Crippen LogP contribution in [0.25, 0.3) is 0 Å². The van der Waals surface area contributed by atoms with Crippen LogP contribution >= 0.6 is 34.8 Å². The number of carbonyl (C=O) groups is 1. The lowest BCUT2D eigenvalue weighted by atomic mass is 10.1. The zero-order valence-corrected chi connectivity index (χ0v) is 20.0. The Bertz CT molecular complexity index is 1300. The highest BCUT2D eigenvalue weighted by molar-refractivity contribution is 6.35. The largest absolute Gasteiger partial charge is 0.487 e. The first-order chi connectivity index (χ1) is 15.9. The lowest BCUT2D eigenvalue weighted by molar-refractivity contribution is 0.102. The molecule has 0 saturated carbocycles. The number of rotatable bonds is 7. The third-order valence-corrected chi connectivity index (χ3v) is 5.88. The monoisotopic (exact) mass is 499 g/mol. The fourth-order valence-electron chi connectivity index (χ4n) is 3.26. The lowest BCUT2D eigenvalue weighted by Gasteiger charge is -2.09. The van der Waals surface area contributed by atoms with Crippen LogP contribution in [0.15, 0.2) is 72.8 Å². The van der Waals surface area contributed by atoms with E-state index in [0.29, 0.717) is 38.7 Å². The molecule has 168 valence electrons. The standard InChI is InChI=1S/C25H20Cl3N3O2/c1-16-11-24(30-31(16)14-19-6-2-3-8-21(19)27)29-25(32)18-7-4-5-17(12-18)15-33-23-10-9-20(26)13-22(23)28/h2-13H,14-15H2,1H3,(H,29,30,32). The fourth-order valence-corrected chi connectivity index (χ4v) is 3.92. The number of carbonyl (C=O) groups excluding carboxylic acids is 1. The van der Waals surface area contributed by atoms with Crippen LogP contribution in [0.2, 0.25) is 15.1 Å². The van der Waals surface area contributed by atoms with Crippen molar-refractivity contribution < 1.29 is 9.53 Å². The summed E-state index contributed by atoms with van der Waals surface area (Å²) in [6, 6.07) is 21.7. The van der Waals surface area contributed by atoms with Gasteiger partial charge < -0.3 is 10.1 Å². The van der Waals surface area contributed by atoms with Crippen LogP contribution in [0, 0.1) is 6.92 Å². The smallest absolute Gasteiger partial charge is 0.256 e. The molecule has 0 aliphatic heterocycles. The minimum atomic E-state index is -0.260. The van der Waals surface area contributed by atoms with Crippen molar-refractivity contribution >= 4 is 46.5 Å². The molecule has 0 unspecified atom stereocenters. The van der Waals surface area contributed by atoms with Crippen LogP contribution in [-0.2, 0) is 13.2 Å². The Balaban J connectivity index is 1.42. The van der Waals surface area contributed by atoms with Crippen molar-refractivity contribution in [2.45, 2.75) is 20.1 Å². The molecule has 5 nitrogen and oxygen atoms in total. The van der Waals surface area contributed by atoms with E-state index in [4.69, 9.17) is 39.5 Å². The van der Waals surface area contributed by atoms with Gasteiger partial charge in [0, 0.05) is 27.4 Å². The van der Waals surface area contributed by atoms with E-state index < -0.39 is 0 Å². The SMILES string of the molecule is Cc1cc(NC(=O)c2cccc(COc3ccc(Cl)cc3Cl)c2)nn1Cc1ccccc1Cl. The summed E-state index contributed by atoms with van der Waals surface area (Å²) in [7, 11) is 0. The highest BCUT2D eigenvalue weighted by atomic mass is 35.5. The van der Waals surface area contributed by atoms with Crippen molar-refractivity contribution in [3.63, 3.8) is 0 Å². The number of amides is 1. The summed E-state index contributed by atoms with van der Waals surface area (Å²) < 4.78 is 7.57. The summed E-state index contributed by atoms with van der Waals surface area (Å²) in [5.41, 5.74) is 3.19. The van der Waals surface area contributed by atoms with Gasteiger partial charge in [-0.05, 0) is 54.4 Å². The number of halogens is 3. The highest BCUT2D eigenvalue weighted by Crippen LogP contribution is 2.28. The van der Waals surface area contributed by atoms with Crippen LogP contribution in [0.3, 0.4) is 0 Å². The molecule has 8 heteroatoms. The second-order valence-electron chi connectivity index (χ2n) is 7.44. The Morgan fingerprint density at radius 3 is 2.58 bits per heavy atom. The van der Waals surface area contributed by atoms with E-state index in [9.17, 15) is 4.79 Å². The third kappa shape index (κ3) is 5.88. The molecule has 33 heavy (non-hydrogen) atoms. The Morgan fingerprint density at radius 1 is 0.970 bits per heavy atom. The van der Waals surface area contributed by atoms with Crippen molar-refractivity contribution in [3.05, 3.63) is 110 Å². The second kappa shape index (κ2) is 10.3. The first-order valence-electron chi connectivity index (χ1n) is 10.1. The minimum absolute atomic E-state index is 0.258. The molecule has 3 aromatic carbocycles. The maximum absolute atomic E-state index is 12.8. The zero-order valence-electron chi connectivity index (χ0n) is 17.7. The minimum Gasteiger partial charge on any atom is -0.487 e. The van der Waals surface area contributed by atoms with E-state index in [0.717, 1.165) is 16.8 Å². The van der Waals surface area contributed by atoms with Gasteiger partial charge in [0.1, 0.15) is 12.4 Å². The molecule has 1 amide bonds. The molecule has 1 aromatic heterocycles. The predicted molar refractivity (Wildman–Crippen MR) is 133 cm³/mol. The molecule has 0 spiro atoms. The number of ether oxygens (including phenoxy) is 1. The number of aryl methyl sites for hydroxylation is 1. The molecule has 0 aliphatic rings. The number of nitrogens with one attached hydrogen (secondary N) is 1. The number of hydrogen-bond acceptors (Lipinski definition) is 3. The first kappa shape index (κ1) is 23.2. The normalized spacial score (nSPS) is 10.8. The van der Waals surface area contributed by atoms with Gasteiger partial charge in [0.2, 0.25) is 0 Å². The molecule has 0 bridgehead atoms. The molecule has 0 saturated heterocycles. The average Bonchev–Trinajstić information content (AvgIpc) is 3.13. The molecular formula is C25H20Cl3N3O2. The van der Waals surface area contributed by atoms with Crippen LogP contribution in [-0.4, -0.2) is 15.7 Å². The van der Waals surface area contributed by atoms with Gasteiger partial charge in [0.15, 0.2) is 5.82 Å². The molecule has 1 N–H and O–H groups in total. The van der Waals surface area contributed by atoms with Gasteiger partial charge in [-0.1, -0.05) is 65.1 Å². The maximum Gasteiger partial charge on any atom is 0.256 e. The Morgan fingerprint density at radius 2 is 1.79 bits per heavy atom. The van der Waals surface area contributed by atoms with Crippen molar-refractivity contribution in [2.24, 2.45) is 0 Å². The summed E-state index contributed by atoms with van der Waals surface area (Å²) in [6.07, 6.45) is 0. The van der Waals surface area contributed by atoms with Crippen molar-refractivity contribution in [3.8, 4) is 5.75 Å². The molecule has 0 atom stereocenters. The highest BCUT2D eigenvalue weighted by Gasteiger charge is 2.12. The van der Waals surface area contributed by atoms with Gasteiger partial charge in [-0.2, -0.15) is 5.10 Å². The molecule has 0 aliphatic carbocycles. The van der Waals surface area contributed by atoms with Crippen LogP contribution in [0.5, 0.6) is 5.75 Å². The number of hydrogen-bond donors (Lipinski definition) is 1. The van der Waals surface area contributed by atoms with Gasteiger partial charge in [-0.25, -0.2) is 0 Å². The van der Waals surface area contributed by atoms with Gasteiger partial charge in [-0.3, -0.25) is 9.48 Å². The van der Waals surface area contributed by atoms with Crippen LogP contribution < -0.4 is 10.1 Å². The Hall–Kier alpha value is -2.99. The topological polar surface area (TPSA) is 56.1 Å². The second-order valence-corrected chi connectivity index (χ2v) is 8.69. The van der Waals surface area contributed by atoms with E-state index in [1.54, 1.807) is 41.1 Å². The summed E-state index contributed by atoms with van der Waals surface area (Å²) in [5, 5.41) is 9.00. The summed E-state index contributed by atoms with van der Waals surface area (Å²) in [5.74, 6) is 0.735. The van der Waals surface area contributed by atoms with Crippen LogP contribution in [0.4, 0.5) is 5.82 Å². The molecule has 4 rings (SSSR count). The van der Waals surface area contributed by atoms with Gasteiger partial charge in [0.25, 0.3) is 5.91 Å². The van der Waals surface area contributed by atoms with Crippen molar-refractivity contribution in [2.75, 3.05) is 5.32 Å². The number of anilines is 1. The van der Waals surface area contributed by atoms with E-state index in [-0.39, 0.29) is 12.5 Å². The van der Waals surface area contributed by atoms with E-state index in [1.807, 2.05) is 43.3 Å². The molecule has 0 radical (unpaired) electrons. The van der Waals surface area contributed by atoms with Gasteiger partial charge in [-0.15, -0.1) is 0 Å². The van der Waals surface area contributed by atoms with Crippen molar-refractivity contribution in [1.82, 2.24) is 9.78 Å². The van der Waals surface area contributed by atoms with Crippen molar-refractivity contribution in [1.29, 1.82) is 0 Å². The predicted octanol–water partition coefficient (Wildman–Crippen LogP) is 7.03. The number of aromatic nitrogens is 2. The Kier molecular flexibility index (Phi) is 7.23. The first-order valence-corrected chi connectivity index (χ1v) is 11.3. The average molecular weight is 501 g/mol. The van der Waals surface area contributed by atoms with E-state index in [1.165, 1.54) is 0 Å². The summed E-state index contributed by atoms with van der Waals surface area (Å²) >= 11 is 18.3. The summed E-state index contributed by atoms with van der Waals surface area (Å²) in [6.45, 7) is 2.70. The molecular weight excluding hydrogens is 481 g/mol. The molecule has 4 aromatic rings. The quantitative estimate of drug-likeness (QED) is 0.296. The third-order valence-electron chi connectivity index (χ3n) is 4.98. The van der Waals surface area contributed by atoms with E-state index >= 15 is 0 Å². The lowest BCUT2D eigenvalue weighted by Crippen LogP contribution is -2.13. The van der Waals surface area contributed by atoms with Gasteiger partial charge >= 0.3 is 0 Å². The van der Waals surface area contributed by atoms with E-state index in [2.05, 4.69) is 10.4 Å². The number of nitrogens with zero attached hydrogens (tertiary/aromatic N) is 2. The fraction of sp³-hybridized carbons (Fsp3) is 0.120. The molecule has 0 fully saturated rings. The Labute approximate surface area is 206 Å². The molecule has 1 heterocycles. The number of benzene rings is 3. The van der Waals surface area contributed by atoms with Gasteiger partial charge in [0.05, 0.1) is 11.6 Å². The zero-order chi connectivity index (χ0) is 23.4. The van der Waals surface area contributed by atoms with Crippen LogP contribution in [0.1, 0.15) is 27.2 Å². The summed E-state index contributed by atoms with van der Waals surface area (Å²) in [4.78, 5) is 12.8.